The van der Waals surface area contributed by atoms with Crippen LogP contribution < -0.4 is 0 Å². The van der Waals surface area contributed by atoms with E-state index in [9.17, 15) is 5.11 Å². The van der Waals surface area contributed by atoms with Crippen LogP contribution in [0.1, 0.15) is 24.0 Å². The van der Waals surface area contributed by atoms with Gasteiger partial charge in [-0.1, -0.05) is 67.6 Å². The van der Waals surface area contributed by atoms with Gasteiger partial charge in [0.15, 0.2) is 0 Å². The number of rotatable bonds is 4. The largest absolute Gasteiger partial charge is 0.396 e. The van der Waals surface area contributed by atoms with E-state index in [-0.39, 0.29) is 18.4 Å². The molecule has 0 heterocycles. The van der Waals surface area contributed by atoms with Crippen LogP contribution in [0.4, 0.5) is 0 Å². The molecule has 1 heteroatoms. The van der Waals surface area contributed by atoms with Gasteiger partial charge in [0.25, 0.3) is 0 Å². The molecule has 0 amide bonds. The second-order valence-corrected chi connectivity index (χ2v) is 4.46. The predicted molar refractivity (Wildman–Crippen MR) is 71.0 cm³/mol. The number of hydrogen-bond acceptors (Lipinski definition) is 1. The van der Waals surface area contributed by atoms with E-state index in [1.165, 1.54) is 11.1 Å². The van der Waals surface area contributed by atoms with Crippen LogP contribution in [-0.2, 0) is 0 Å². The quantitative estimate of drug-likeness (QED) is 0.846. The molecule has 2 rings (SSSR count). The minimum absolute atomic E-state index is 0.203. The molecule has 0 radical (unpaired) electrons. The fourth-order valence-corrected chi connectivity index (χ4v) is 2.28. The molecular formula is C16H18O. The minimum Gasteiger partial charge on any atom is -0.396 e. The van der Waals surface area contributed by atoms with Gasteiger partial charge in [0, 0.05) is 12.5 Å². The van der Waals surface area contributed by atoms with Gasteiger partial charge < -0.3 is 5.11 Å². The average Bonchev–Trinajstić information content (AvgIpc) is 2.41. The Kier molecular flexibility index (Phi) is 3.94. The van der Waals surface area contributed by atoms with Crippen molar-refractivity contribution in [3.63, 3.8) is 0 Å². The molecule has 0 saturated heterocycles. The Morgan fingerprint density at radius 1 is 0.824 bits per heavy atom. The third-order valence-corrected chi connectivity index (χ3v) is 3.17. The zero-order valence-electron chi connectivity index (χ0n) is 10.1. The summed E-state index contributed by atoms with van der Waals surface area (Å²) < 4.78 is 0. The Morgan fingerprint density at radius 3 is 1.59 bits per heavy atom. The van der Waals surface area contributed by atoms with Crippen LogP contribution in [0.15, 0.2) is 60.7 Å². The first-order chi connectivity index (χ1) is 8.33. The monoisotopic (exact) mass is 226 g/mol. The van der Waals surface area contributed by atoms with Gasteiger partial charge in [0.2, 0.25) is 0 Å². The van der Waals surface area contributed by atoms with Gasteiger partial charge >= 0.3 is 0 Å². The summed E-state index contributed by atoms with van der Waals surface area (Å²) in [5.74, 6) is 0.488. The molecule has 1 nitrogen and oxygen atoms in total. The van der Waals surface area contributed by atoms with Crippen molar-refractivity contribution in [2.24, 2.45) is 5.92 Å². The molecule has 1 atom stereocenters. The van der Waals surface area contributed by atoms with Crippen molar-refractivity contribution in [3.05, 3.63) is 71.8 Å². The first-order valence-electron chi connectivity index (χ1n) is 6.03. The van der Waals surface area contributed by atoms with Gasteiger partial charge in [-0.15, -0.1) is 0 Å². The van der Waals surface area contributed by atoms with Gasteiger partial charge in [-0.2, -0.15) is 0 Å². The second-order valence-electron chi connectivity index (χ2n) is 4.46. The third-order valence-electron chi connectivity index (χ3n) is 3.17. The lowest BCUT2D eigenvalue weighted by Gasteiger charge is -2.23. The molecule has 0 spiro atoms. The zero-order valence-corrected chi connectivity index (χ0v) is 10.1. The Hall–Kier alpha value is -1.60. The smallest absolute Gasteiger partial charge is 0.0465 e. The first kappa shape index (κ1) is 11.9. The van der Waals surface area contributed by atoms with E-state index in [0.717, 1.165) is 0 Å². The molecule has 0 aromatic heterocycles. The van der Waals surface area contributed by atoms with Gasteiger partial charge in [0.05, 0.1) is 0 Å². The highest BCUT2D eigenvalue weighted by Gasteiger charge is 2.20. The molecule has 17 heavy (non-hydrogen) atoms. The van der Waals surface area contributed by atoms with Crippen molar-refractivity contribution in [1.82, 2.24) is 0 Å². The average molecular weight is 226 g/mol. The Labute approximate surface area is 103 Å². The fraction of sp³-hybridized carbons (Fsp3) is 0.250. The SMILES string of the molecule is C[C@H](CO)C(c1ccccc1)c1ccccc1. The van der Waals surface area contributed by atoms with E-state index in [1.54, 1.807) is 0 Å². The van der Waals surface area contributed by atoms with Crippen molar-refractivity contribution < 1.29 is 5.11 Å². The molecule has 0 bridgehead atoms. The van der Waals surface area contributed by atoms with Crippen LogP contribution in [0.5, 0.6) is 0 Å². The van der Waals surface area contributed by atoms with Crippen molar-refractivity contribution in [1.29, 1.82) is 0 Å². The van der Waals surface area contributed by atoms with E-state index in [0.29, 0.717) is 0 Å². The van der Waals surface area contributed by atoms with E-state index in [1.807, 2.05) is 12.1 Å². The molecule has 0 aliphatic carbocycles. The van der Waals surface area contributed by atoms with Crippen LogP contribution in [0.2, 0.25) is 0 Å². The Bertz CT molecular complexity index is 396. The summed E-state index contributed by atoms with van der Waals surface area (Å²) >= 11 is 0. The maximum atomic E-state index is 9.43. The van der Waals surface area contributed by atoms with Crippen molar-refractivity contribution in [2.45, 2.75) is 12.8 Å². The molecule has 0 aliphatic heterocycles. The Morgan fingerprint density at radius 2 is 1.24 bits per heavy atom. The van der Waals surface area contributed by atoms with Gasteiger partial charge in [0.1, 0.15) is 0 Å². The van der Waals surface area contributed by atoms with Crippen molar-refractivity contribution >= 4 is 0 Å². The molecular weight excluding hydrogens is 208 g/mol. The Balaban J connectivity index is 2.39. The highest BCUT2D eigenvalue weighted by Crippen LogP contribution is 2.31. The van der Waals surface area contributed by atoms with Gasteiger partial charge in [-0.3, -0.25) is 0 Å². The van der Waals surface area contributed by atoms with E-state index < -0.39 is 0 Å². The number of aliphatic hydroxyl groups is 1. The standard InChI is InChI=1S/C16H18O/c1-13(12-17)16(14-8-4-2-5-9-14)15-10-6-3-7-11-15/h2-11,13,16-17H,12H2,1H3/t13-/m1/s1. The highest BCUT2D eigenvalue weighted by molar-refractivity contribution is 5.33. The fourth-order valence-electron chi connectivity index (χ4n) is 2.28. The second kappa shape index (κ2) is 5.65. The van der Waals surface area contributed by atoms with Crippen molar-refractivity contribution in [2.75, 3.05) is 6.61 Å². The van der Waals surface area contributed by atoms with Crippen LogP contribution in [0, 0.1) is 5.92 Å². The molecule has 0 aliphatic rings. The summed E-state index contributed by atoms with van der Waals surface area (Å²) in [5.41, 5.74) is 2.53. The van der Waals surface area contributed by atoms with Crippen LogP contribution in [0.25, 0.3) is 0 Å². The third kappa shape index (κ3) is 2.75. The molecule has 88 valence electrons. The topological polar surface area (TPSA) is 20.2 Å². The first-order valence-corrected chi connectivity index (χ1v) is 6.03. The lowest BCUT2D eigenvalue weighted by molar-refractivity contribution is 0.225. The van der Waals surface area contributed by atoms with Crippen LogP contribution >= 0.6 is 0 Å². The molecule has 1 N–H and O–H groups in total. The summed E-state index contributed by atoms with van der Waals surface area (Å²) in [4.78, 5) is 0. The number of aliphatic hydroxyl groups excluding tert-OH is 1. The number of hydrogen-bond donors (Lipinski definition) is 1. The van der Waals surface area contributed by atoms with Crippen molar-refractivity contribution in [3.8, 4) is 0 Å². The lowest BCUT2D eigenvalue weighted by atomic mass is 9.82. The summed E-state index contributed by atoms with van der Waals surface area (Å²) in [7, 11) is 0. The molecule has 0 fully saturated rings. The summed E-state index contributed by atoms with van der Waals surface area (Å²) in [6, 6.07) is 20.8. The maximum absolute atomic E-state index is 9.43. The maximum Gasteiger partial charge on any atom is 0.0465 e. The summed E-state index contributed by atoms with van der Waals surface area (Å²) in [6.07, 6.45) is 0. The highest BCUT2D eigenvalue weighted by atomic mass is 16.3. The number of benzene rings is 2. The van der Waals surface area contributed by atoms with Crippen LogP contribution in [0.3, 0.4) is 0 Å². The summed E-state index contributed by atoms with van der Waals surface area (Å²) in [6.45, 7) is 2.29. The van der Waals surface area contributed by atoms with E-state index in [4.69, 9.17) is 0 Å². The lowest BCUT2D eigenvalue weighted by Crippen LogP contribution is -2.14. The molecule has 2 aromatic rings. The van der Waals surface area contributed by atoms with Gasteiger partial charge in [-0.25, -0.2) is 0 Å². The molecule has 0 unspecified atom stereocenters. The molecule has 2 aromatic carbocycles. The van der Waals surface area contributed by atoms with E-state index >= 15 is 0 Å². The van der Waals surface area contributed by atoms with Crippen LogP contribution in [-0.4, -0.2) is 11.7 Å². The minimum atomic E-state index is 0.203. The predicted octanol–water partition coefficient (Wildman–Crippen LogP) is 3.45. The summed E-state index contributed by atoms with van der Waals surface area (Å²) in [5, 5.41) is 9.43. The zero-order chi connectivity index (χ0) is 12.1. The van der Waals surface area contributed by atoms with Gasteiger partial charge in [-0.05, 0) is 17.0 Å². The van der Waals surface area contributed by atoms with E-state index in [2.05, 4.69) is 55.5 Å². The molecule has 0 saturated carbocycles. The normalized spacial score (nSPS) is 12.6.